The van der Waals surface area contributed by atoms with Gasteiger partial charge in [0.1, 0.15) is 5.70 Å². The Bertz CT molecular complexity index is 1050. The number of nitrogens with zero attached hydrogens (tertiary/aromatic N) is 3. The van der Waals surface area contributed by atoms with E-state index in [1.807, 2.05) is 48.5 Å². The zero-order valence-electron chi connectivity index (χ0n) is 13.7. The molecule has 0 radical (unpaired) electrons. The Balaban J connectivity index is 1.92. The molecule has 2 aromatic rings. The van der Waals surface area contributed by atoms with Crippen molar-refractivity contribution in [2.75, 3.05) is 5.75 Å². The maximum atomic E-state index is 12.8. The summed E-state index contributed by atoms with van der Waals surface area (Å²) < 4.78 is 0. The number of hydrazone groups is 1. The molecule has 130 valence electrons. The molecule has 2 heterocycles. The zero-order valence-corrected chi connectivity index (χ0v) is 15.3. The Morgan fingerprint density at radius 2 is 2.12 bits per heavy atom. The van der Waals surface area contributed by atoms with Gasteiger partial charge in [0.25, 0.3) is 5.91 Å². The smallest absolute Gasteiger partial charge is 0.276 e. The molecule has 5 nitrogen and oxygen atoms in total. The number of benzene rings is 2. The highest BCUT2D eigenvalue weighted by atomic mass is 35.5. The first kappa shape index (κ1) is 16.9. The molecule has 1 N–H and O–H groups in total. The molecule has 0 bridgehead atoms. The third-order valence-electron chi connectivity index (χ3n) is 4.00. The summed E-state index contributed by atoms with van der Waals surface area (Å²) in [6.45, 7) is 3.71. The summed E-state index contributed by atoms with van der Waals surface area (Å²) in [7, 11) is 0. The zero-order chi connectivity index (χ0) is 18.1. The Morgan fingerprint density at radius 1 is 1.27 bits per heavy atom. The fourth-order valence-corrected chi connectivity index (χ4v) is 3.70. The third kappa shape index (κ3) is 3.02. The summed E-state index contributed by atoms with van der Waals surface area (Å²) in [5.74, 6) is 0.457. The summed E-state index contributed by atoms with van der Waals surface area (Å²) in [6, 6.07) is 15.0. The van der Waals surface area contributed by atoms with E-state index in [9.17, 15) is 4.79 Å². The van der Waals surface area contributed by atoms with Crippen LogP contribution in [0.25, 0.3) is 5.70 Å². The van der Waals surface area contributed by atoms with Gasteiger partial charge in [-0.1, -0.05) is 59.8 Å². The van der Waals surface area contributed by atoms with Gasteiger partial charge < -0.3 is 0 Å². The van der Waals surface area contributed by atoms with E-state index in [1.165, 1.54) is 11.8 Å². The molecule has 26 heavy (non-hydrogen) atoms. The molecule has 2 aliphatic rings. The van der Waals surface area contributed by atoms with E-state index in [-0.39, 0.29) is 5.91 Å². The first-order valence-electron chi connectivity index (χ1n) is 8.03. The van der Waals surface area contributed by atoms with Gasteiger partial charge in [-0.05, 0) is 23.8 Å². The number of rotatable bonds is 3. The van der Waals surface area contributed by atoms with Gasteiger partial charge in [0.05, 0.1) is 5.36 Å². The number of thioether (sulfide) groups is 1. The predicted molar refractivity (Wildman–Crippen MR) is 105 cm³/mol. The number of amides is 1. The van der Waals surface area contributed by atoms with E-state index in [4.69, 9.17) is 16.6 Å². The monoisotopic (exact) mass is 382 g/mol. The molecular weight excluding hydrogens is 368 g/mol. The van der Waals surface area contributed by atoms with Crippen LogP contribution in [0.1, 0.15) is 11.7 Å². The molecule has 0 saturated carbocycles. The molecular formula is C19H15ClN4OS. The number of fused-ring (bicyclic) bond motifs is 2. The summed E-state index contributed by atoms with van der Waals surface area (Å²) in [6.07, 6.45) is 1.31. The van der Waals surface area contributed by atoms with Crippen molar-refractivity contribution >= 4 is 40.1 Å². The van der Waals surface area contributed by atoms with Crippen molar-refractivity contribution in [3.63, 3.8) is 0 Å². The molecule has 1 atom stereocenters. The number of carbonyl (C=O) groups excluding carboxylic acids is 1. The van der Waals surface area contributed by atoms with Gasteiger partial charge in [-0.2, -0.15) is 0 Å². The lowest BCUT2D eigenvalue weighted by atomic mass is 10.1. The number of amidine groups is 1. The van der Waals surface area contributed by atoms with Crippen LogP contribution < -0.4 is 15.9 Å². The van der Waals surface area contributed by atoms with Crippen molar-refractivity contribution in [3.05, 3.63) is 82.3 Å². The van der Waals surface area contributed by atoms with Gasteiger partial charge in [-0.3, -0.25) is 15.1 Å². The lowest BCUT2D eigenvalue weighted by Crippen LogP contribution is -2.50. The largest absolute Gasteiger partial charge is 0.298 e. The Labute approximate surface area is 159 Å². The summed E-state index contributed by atoms with van der Waals surface area (Å²) >= 11 is 7.58. The normalized spacial score (nSPS) is 18.3. The van der Waals surface area contributed by atoms with Crippen molar-refractivity contribution in [1.82, 2.24) is 10.3 Å². The van der Waals surface area contributed by atoms with E-state index in [0.29, 0.717) is 21.6 Å². The molecule has 0 aliphatic carbocycles. The molecule has 7 heteroatoms. The first-order valence-corrected chi connectivity index (χ1v) is 9.39. The van der Waals surface area contributed by atoms with Crippen molar-refractivity contribution in [3.8, 4) is 0 Å². The topological polar surface area (TPSA) is 57.1 Å². The highest BCUT2D eigenvalue weighted by Crippen LogP contribution is 2.31. The number of hydrogen-bond donors (Lipinski definition) is 1. The number of nitrogens with one attached hydrogen (secondary N) is 1. The van der Waals surface area contributed by atoms with E-state index < -0.39 is 6.17 Å². The lowest BCUT2D eigenvalue weighted by molar-refractivity contribution is -0.116. The average Bonchev–Trinajstić information content (AvgIpc) is 2.65. The maximum Gasteiger partial charge on any atom is 0.276 e. The van der Waals surface area contributed by atoms with Crippen molar-refractivity contribution in [2.24, 2.45) is 10.1 Å². The van der Waals surface area contributed by atoms with Crippen LogP contribution in [0.4, 0.5) is 0 Å². The highest BCUT2D eigenvalue weighted by Gasteiger charge is 2.34. The number of hydrogen-bond acceptors (Lipinski definition) is 5. The molecule has 4 rings (SSSR count). The van der Waals surface area contributed by atoms with Gasteiger partial charge in [0.15, 0.2) is 11.3 Å². The minimum Gasteiger partial charge on any atom is -0.298 e. The van der Waals surface area contributed by atoms with E-state index >= 15 is 0 Å². The average molecular weight is 383 g/mol. The summed E-state index contributed by atoms with van der Waals surface area (Å²) in [4.78, 5) is 17.7. The molecule has 0 fully saturated rings. The Morgan fingerprint density at radius 3 is 2.92 bits per heavy atom. The number of para-hydroxylation sites is 1. The fourth-order valence-electron chi connectivity index (χ4n) is 2.91. The quantitative estimate of drug-likeness (QED) is 0.829. The molecule has 0 spiro atoms. The van der Waals surface area contributed by atoms with Gasteiger partial charge >= 0.3 is 0 Å². The van der Waals surface area contributed by atoms with Crippen LogP contribution in [0.2, 0.25) is 5.02 Å². The summed E-state index contributed by atoms with van der Waals surface area (Å²) in [5, 5.41) is 11.8. The van der Waals surface area contributed by atoms with Crippen LogP contribution in [0, 0.1) is 0 Å². The standard InChI is InChI=1S/C19H15ClN4OS/c1-2-10-26-19-22-18(25)16-14-8-3-4-9-15(14)21-17(24(16)23-19)12-6-5-7-13(20)11-12/h2-9,11,17H,1,10H2,(H,22,23,25)/t17-/m1/s1. The second kappa shape index (κ2) is 6.97. The van der Waals surface area contributed by atoms with Gasteiger partial charge in [-0.25, -0.2) is 5.01 Å². The SMILES string of the molecule is C=CCSC1=NN2C(=c3ccccc3=N[C@H]2c2cccc(Cl)c2)C(=O)N1. The third-order valence-corrected chi connectivity index (χ3v) is 5.09. The van der Waals surface area contributed by atoms with Crippen LogP contribution in [0.5, 0.6) is 0 Å². The van der Waals surface area contributed by atoms with Crippen molar-refractivity contribution in [1.29, 1.82) is 0 Å². The van der Waals surface area contributed by atoms with Gasteiger partial charge in [-0.15, -0.1) is 11.7 Å². The maximum absolute atomic E-state index is 12.8. The molecule has 0 aromatic heterocycles. The second-order valence-electron chi connectivity index (χ2n) is 5.73. The van der Waals surface area contributed by atoms with E-state index in [0.717, 1.165) is 16.1 Å². The lowest BCUT2D eigenvalue weighted by Gasteiger charge is -2.34. The van der Waals surface area contributed by atoms with Crippen molar-refractivity contribution < 1.29 is 4.79 Å². The van der Waals surface area contributed by atoms with E-state index in [2.05, 4.69) is 17.0 Å². The summed E-state index contributed by atoms with van der Waals surface area (Å²) in [5.41, 5.74) is 1.36. The van der Waals surface area contributed by atoms with E-state index in [1.54, 1.807) is 11.1 Å². The minimum absolute atomic E-state index is 0.194. The van der Waals surface area contributed by atoms with Crippen LogP contribution in [0.15, 0.2) is 71.3 Å². The molecule has 1 amide bonds. The van der Waals surface area contributed by atoms with Crippen LogP contribution >= 0.6 is 23.4 Å². The molecule has 0 unspecified atom stereocenters. The van der Waals surface area contributed by atoms with Crippen LogP contribution in [0.3, 0.4) is 0 Å². The van der Waals surface area contributed by atoms with Gasteiger partial charge in [0, 0.05) is 16.0 Å². The van der Waals surface area contributed by atoms with Gasteiger partial charge in [0.2, 0.25) is 0 Å². The molecule has 2 aliphatic heterocycles. The Hall–Kier alpha value is -2.57. The van der Waals surface area contributed by atoms with Crippen LogP contribution in [-0.4, -0.2) is 21.8 Å². The molecule has 2 aromatic carbocycles. The fraction of sp³-hybridized carbons (Fsp3) is 0.105. The number of halogens is 1. The first-order chi connectivity index (χ1) is 12.7. The number of carbonyl (C=O) groups is 1. The van der Waals surface area contributed by atoms with Crippen LogP contribution in [-0.2, 0) is 4.79 Å². The highest BCUT2D eigenvalue weighted by molar-refractivity contribution is 8.14. The predicted octanol–water partition coefficient (Wildman–Crippen LogP) is 2.40. The Kier molecular flexibility index (Phi) is 4.53. The second-order valence-corrected chi connectivity index (χ2v) is 7.17. The minimum atomic E-state index is -0.455. The molecule has 0 saturated heterocycles. The van der Waals surface area contributed by atoms with Crippen molar-refractivity contribution in [2.45, 2.75) is 6.17 Å².